The summed E-state index contributed by atoms with van der Waals surface area (Å²) in [5, 5.41) is 2.86. The fourth-order valence-corrected chi connectivity index (χ4v) is 3.14. The summed E-state index contributed by atoms with van der Waals surface area (Å²) in [6.07, 6.45) is 2.41. The van der Waals surface area contributed by atoms with Crippen LogP contribution in [0.3, 0.4) is 0 Å². The smallest absolute Gasteiger partial charge is 0.229 e. The summed E-state index contributed by atoms with van der Waals surface area (Å²) in [5.41, 5.74) is 0.630. The Labute approximate surface area is 135 Å². The Morgan fingerprint density at radius 1 is 1.43 bits per heavy atom. The van der Waals surface area contributed by atoms with Gasteiger partial charge in [-0.05, 0) is 25.0 Å². The maximum absolute atomic E-state index is 12.4. The molecule has 2 unspecified atom stereocenters. The Bertz CT molecular complexity index is 584. The summed E-state index contributed by atoms with van der Waals surface area (Å²) in [4.78, 5) is 26.3. The minimum Gasteiger partial charge on any atom is -0.495 e. The van der Waals surface area contributed by atoms with E-state index in [0.717, 1.165) is 19.4 Å². The highest BCUT2D eigenvalue weighted by molar-refractivity contribution is 5.98. The van der Waals surface area contributed by atoms with Gasteiger partial charge >= 0.3 is 0 Å². The maximum atomic E-state index is 12.4. The number of carbonyl (C=O) groups is 2. The van der Waals surface area contributed by atoms with Crippen LogP contribution < -0.4 is 10.1 Å². The minimum atomic E-state index is -0.325. The molecule has 1 aromatic carbocycles. The van der Waals surface area contributed by atoms with Crippen molar-refractivity contribution < 1.29 is 19.1 Å². The van der Waals surface area contributed by atoms with Gasteiger partial charge in [0.1, 0.15) is 5.75 Å². The Morgan fingerprint density at radius 2 is 2.26 bits per heavy atom. The molecule has 1 N–H and O–H groups in total. The average molecular weight is 318 g/mol. The Kier molecular flexibility index (Phi) is 4.81. The van der Waals surface area contributed by atoms with Crippen molar-refractivity contribution in [2.24, 2.45) is 5.92 Å². The quantitative estimate of drug-likeness (QED) is 0.896. The molecule has 0 spiro atoms. The first-order valence-corrected chi connectivity index (χ1v) is 8.00. The number of para-hydroxylation sites is 2. The van der Waals surface area contributed by atoms with Crippen molar-refractivity contribution in [3.63, 3.8) is 0 Å². The number of anilines is 1. The van der Waals surface area contributed by atoms with Crippen molar-refractivity contribution in [3.05, 3.63) is 24.3 Å². The van der Waals surface area contributed by atoms with E-state index in [0.29, 0.717) is 24.5 Å². The lowest BCUT2D eigenvalue weighted by molar-refractivity contribution is -0.129. The molecule has 2 aliphatic heterocycles. The van der Waals surface area contributed by atoms with Gasteiger partial charge in [0.15, 0.2) is 0 Å². The molecule has 6 heteroatoms. The molecule has 6 nitrogen and oxygen atoms in total. The van der Waals surface area contributed by atoms with E-state index in [-0.39, 0.29) is 30.3 Å². The van der Waals surface area contributed by atoms with E-state index in [2.05, 4.69) is 5.32 Å². The molecule has 2 amide bonds. The zero-order valence-corrected chi connectivity index (χ0v) is 13.3. The van der Waals surface area contributed by atoms with Crippen LogP contribution in [0.5, 0.6) is 5.75 Å². The van der Waals surface area contributed by atoms with Crippen LogP contribution >= 0.6 is 0 Å². The number of ether oxygens (including phenoxy) is 2. The van der Waals surface area contributed by atoms with Gasteiger partial charge in [-0.1, -0.05) is 12.1 Å². The molecule has 2 atom stereocenters. The van der Waals surface area contributed by atoms with Gasteiger partial charge in [0, 0.05) is 26.1 Å². The second-order valence-corrected chi connectivity index (χ2v) is 6.02. The minimum absolute atomic E-state index is 0.0284. The van der Waals surface area contributed by atoms with Crippen molar-refractivity contribution in [1.29, 1.82) is 0 Å². The van der Waals surface area contributed by atoms with Crippen molar-refractivity contribution >= 4 is 17.5 Å². The van der Waals surface area contributed by atoms with E-state index in [9.17, 15) is 9.59 Å². The molecular weight excluding hydrogens is 296 g/mol. The Balaban J connectivity index is 1.59. The molecule has 2 saturated heterocycles. The van der Waals surface area contributed by atoms with Crippen LogP contribution in [0.25, 0.3) is 0 Å². The van der Waals surface area contributed by atoms with Crippen LogP contribution in [0.4, 0.5) is 5.69 Å². The highest BCUT2D eigenvalue weighted by atomic mass is 16.5. The van der Waals surface area contributed by atoms with Crippen molar-refractivity contribution in [1.82, 2.24) is 4.90 Å². The van der Waals surface area contributed by atoms with Gasteiger partial charge in [-0.25, -0.2) is 0 Å². The fraction of sp³-hybridized carbons (Fsp3) is 0.529. The zero-order valence-electron chi connectivity index (χ0n) is 13.3. The molecule has 23 heavy (non-hydrogen) atoms. The molecule has 0 saturated carbocycles. The van der Waals surface area contributed by atoms with E-state index in [1.165, 1.54) is 0 Å². The fourth-order valence-electron chi connectivity index (χ4n) is 3.14. The molecular formula is C17H22N2O4. The Hall–Kier alpha value is -2.08. The molecule has 0 radical (unpaired) electrons. The first kappa shape index (κ1) is 15.8. The molecule has 124 valence electrons. The molecule has 2 heterocycles. The van der Waals surface area contributed by atoms with E-state index in [4.69, 9.17) is 9.47 Å². The van der Waals surface area contributed by atoms with E-state index >= 15 is 0 Å². The number of nitrogens with zero attached hydrogens (tertiary/aromatic N) is 1. The highest BCUT2D eigenvalue weighted by Crippen LogP contribution is 2.26. The predicted octanol–water partition coefficient (Wildman–Crippen LogP) is 1.66. The zero-order chi connectivity index (χ0) is 16.2. The number of carbonyl (C=O) groups excluding carboxylic acids is 2. The lowest BCUT2D eigenvalue weighted by atomic mass is 10.1. The number of benzene rings is 1. The third kappa shape index (κ3) is 3.64. The number of hydrogen-bond donors (Lipinski definition) is 1. The summed E-state index contributed by atoms with van der Waals surface area (Å²) < 4.78 is 10.8. The number of rotatable bonds is 5. The SMILES string of the molecule is COc1ccccc1NC(=O)C1CC(=O)N(CC2CCCO2)C1. The van der Waals surface area contributed by atoms with E-state index in [1.54, 1.807) is 24.1 Å². The number of nitrogens with one attached hydrogen (secondary N) is 1. The summed E-state index contributed by atoms with van der Waals surface area (Å²) in [7, 11) is 1.56. The maximum Gasteiger partial charge on any atom is 0.229 e. The topological polar surface area (TPSA) is 67.9 Å². The van der Waals surface area contributed by atoms with Crippen LogP contribution in [-0.4, -0.2) is 49.6 Å². The van der Waals surface area contributed by atoms with Gasteiger partial charge in [-0.2, -0.15) is 0 Å². The molecule has 0 aromatic heterocycles. The van der Waals surface area contributed by atoms with Crippen LogP contribution in [0.1, 0.15) is 19.3 Å². The summed E-state index contributed by atoms with van der Waals surface area (Å²) in [6.45, 7) is 1.82. The lowest BCUT2D eigenvalue weighted by Gasteiger charge is -2.20. The van der Waals surface area contributed by atoms with Gasteiger partial charge in [0.05, 0.1) is 24.8 Å². The molecule has 1 aromatic rings. The number of hydrogen-bond acceptors (Lipinski definition) is 4. The number of amides is 2. The van der Waals surface area contributed by atoms with Gasteiger partial charge in [-0.3, -0.25) is 9.59 Å². The second-order valence-electron chi connectivity index (χ2n) is 6.02. The van der Waals surface area contributed by atoms with Crippen molar-refractivity contribution in [2.75, 3.05) is 32.1 Å². The average Bonchev–Trinajstić information content (AvgIpc) is 3.19. The number of methoxy groups -OCH3 is 1. The van der Waals surface area contributed by atoms with Crippen molar-refractivity contribution in [2.45, 2.75) is 25.4 Å². The summed E-state index contributed by atoms with van der Waals surface area (Å²) in [5.74, 6) is 0.175. The van der Waals surface area contributed by atoms with Gasteiger partial charge in [0.2, 0.25) is 11.8 Å². The van der Waals surface area contributed by atoms with Crippen LogP contribution in [0.2, 0.25) is 0 Å². The molecule has 0 bridgehead atoms. The first-order chi connectivity index (χ1) is 11.2. The van der Waals surface area contributed by atoms with Gasteiger partial charge in [0.25, 0.3) is 0 Å². The Morgan fingerprint density at radius 3 is 3.00 bits per heavy atom. The number of likely N-dealkylation sites (tertiary alicyclic amines) is 1. The third-order valence-corrected chi connectivity index (χ3v) is 4.40. The van der Waals surface area contributed by atoms with Crippen LogP contribution in [-0.2, 0) is 14.3 Å². The summed E-state index contributed by atoms with van der Waals surface area (Å²) in [6, 6.07) is 7.26. The summed E-state index contributed by atoms with van der Waals surface area (Å²) >= 11 is 0. The van der Waals surface area contributed by atoms with E-state index < -0.39 is 0 Å². The molecule has 2 aliphatic rings. The largest absolute Gasteiger partial charge is 0.495 e. The van der Waals surface area contributed by atoms with Crippen LogP contribution in [0.15, 0.2) is 24.3 Å². The molecule has 0 aliphatic carbocycles. The normalized spacial score (nSPS) is 24.0. The van der Waals surface area contributed by atoms with E-state index in [1.807, 2.05) is 12.1 Å². The van der Waals surface area contributed by atoms with Gasteiger partial charge in [-0.15, -0.1) is 0 Å². The predicted molar refractivity (Wildman–Crippen MR) is 85.3 cm³/mol. The van der Waals surface area contributed by atoms with Crippen molar-refractivity contribution in [3.8, 4) is 5.75 Å². The second kappa shape index (κ2) is 7.00. The standard InChI is InChI=1S/C17H22N2O4/c1-22-15-7-3-2-6-14(15)18-17(21)12-9-16(20)19(10-12)11-13-5-4-8-23-13/h2-3,6-7,12-13H,4-5,8-11H2,1H3,(H,18,21). The first-order valence-electron chi connectivity index (χ1n) is 8.00. The molecule has 3 rings (SSSR count). The lowest BCUT2D eigenvalue weighted by Crippen LogP contribution is -2.34. The third-order valence-electron chi connectivity index (χ3n) is 4.40. The van der Waals surface area contributed by atoms with Crippen LogP contribution in [0, 0.1) is 5.92 Å². The highest BCUT2D eigenvalue weighted by Gasteiger charge is 2.36. The molecule has 2 fully saturated rings. The monoisotopic (exact) mass is 318 g/mol. The van der Waals surface area contributed by atoms with Gasteiger partial charge < -0.3 is 19.7 Å².